The van der Waals surface area contributed by atoms with Crippen molar-refractivity contribution < 1.29 is 14.4 Å². The zero-order chi connectivity index (χ0) is 16.0. The van der Waals surface area contributed by atoms with E-state index in [1.54, 1.807) is 24.3 Å². The predicted molar refractivity (Wildman–Crippen MR) is 84.1 cm³/mol. The van der Waals surface area contributed by atoms with Gasteiger partial charge in [-0.2, -0.15) is 0 Å². The van der Waals surface area contributed by atoms with E-state index in [1.165, 1.54) is 0 Å². The number of aryl methyl sites for hydroxylation is 1. The van der Waals surface area contributed by atoms with Gasteiger partial charge in [0, 0.05) is 5.69 Å². The third-order valence-electron chi connectivity index (χ3n) is 4.40. The first-order chi connectivity index (χ1) is 11.2. The average Bonchev–Trinajstić information content (AvgIpc) is 2.71. The normalized spacial score (nSPS) is 19.9. The maximum atomic E-state index is 12.6. The van der Waals surface area contributed by atoms with E-state index in [9.17, 15) is 14.4 Å². The van der Waals surface area contributed by atoms with Gasteiger partial charge in [0.2, 0.25) is 5.91 Å². The molecule has 2 heterocycles. The molecule has 1 atom stereocenters. The molecule has 0 saturated carbocycles. The SMILES string of the molecule is O=C1Nc2ccccc2CC[C@H]1N1C(=O)c2ccccc2C1=O. The maximum absolute atomic E-state index is 12.6. The molecule has 114 valence electrons. The Hall–Kier alpha value is -2.95. The monoisotopic (exact) mass is 306 g/mol. The first-order valence-electron chi connectivity index (χ1n) is 7.52. The Kier molecular flexibility index (Phi) is 3.01. The number of para-hydroxylation sites is 1. The number of imide groups is 1. The van der Waals surface area contributed by atoms with Crippen LogP contribution in [0.1, 0.15) is 32.7 Å². The van der Waals surface area contributed by atoms with Crippen LogP contribution < -0.4 is 5.32 Å². The topological polar surface area (TPSA) is 66.5 Å². The van der Waals surface area contributed by atoms with Gasteiger partial charge in [-0.3, -0.25) is 19.3 Å². The van der Waals surface area contributed by atoms with Crippen molar-refractivity contribution in [1.82, 2.24) is 4.90 Å². The average molecular weight is 306 g/mol. The van der Waals surface area contributed by atoms with Crippen molar-refractivity contribution in [3.05, 3.63) is 65.2 Å². The van der Waals surface area contributed by atoms with E-state index in [-0.39, 0.29) is 5.91 Å². The molecule has 4 rings (SSSR count). The first-order valence-corrected chi connectivity index (χ1v) is 7.52. The molecule has 3 amide bonds. The number of hydrogen-bond donors (Lipinski definition) is 1. The Morgan fingerprint density at radius 3 is 2.17 bits per heavy atom. The maximum Gasteiger partial charge on any atom is 0.262 e. The van der Waals surface area contributed by atoms with Crippen LogP contribution in [-0.2, 0) is 11.2 Å². The van der Waals surface area contributed by atoms with Crippen molar-refractivity contribution in [2.45, 2.75) is 18.9 Å². The van der Waals surface area contributed by atoms with Gasteiger partial charge in [-0.15, -0.1) is 0 Å². The highest BCUT2D eigenvalue weighted by Gasteiger charge is 2.43. The number of amides is 3. The largest absolute Gasteiger partial charge is 0.324 e. The molecule has 2 aromatic carbocycles. The molecule has 2 aliphatic heterocycles. The molecule has 0 unspecified atom stereocenters. The molecule has 0 aliphatic carbocycles. The summed E-state index contributed by atoms with van der Waals surface area (Å²) in [5.74, 6) is -1.10. The van der Waals surface area contributed by atoms with Crippen LogP contribution in [-0.4, -0.2) is 28.7 Å². The fourth-order valence-corrected chi connectivity index (χ4v) is 3.24. The number of hydrogen-bond acceptors (Lipinski definition) is 3. The molecule has 23 heavy (non-hydrogen) atoms. The summed E-state index contributed by atoms with van der Waals surface area (Å²) in [5.41, 5.74) is 2.50. The van der Waals surface area contributed by atoms with Gasteiger partial charge in [0.05, 0.1) is 11.1 Å². The van der Waals surface area contributed by atoms with Crippen molar-refractivity contribution in [2.24, 2.45) is 0 Å². The fraction of sp³-hybridized carbons (Fsp3) is 0.167. The van der Waals surface area contributed by atoms with Gasteiger partial charge in [-0.05, 0) is 36.6 Å². The van der Waals surface area contributed by atoms with Crippen LogP contribution in [0.5, 0.6) is 0 Å². The summed E-state index contributed by atoms with van der Waals surface area (Å²) in [4.78, 5) is 38.8. The third kappa shape index (κ3) is 2.04. The smallest absolute Gasteiger partial charge is 0.262 e. The zero-order valence-electron chi connectivity index (χ0n) is 12.3. The molecule has 2 aliphatic rings. The number of nitrogens with one attached hydrogen (secondary N) is 1. The van der Waals surface area contributed by atoms with Crippen LogP contribution in [0.25, 0.3) is 0 Å². The van der Waals surface area contributed by atoms with Crippen LogP contribution in [0.3, 0.4) is 0 Å². The number of carbonyl (C=O) groups excluding carboxylic acids is 3. The van der Waals surface area contributed by atoms with Crippen LogP contribution in [0.4, 0.5) is 5.69 Å². The standard InChI is InChI=1S/C18H14N2O3/c21-16-15(10-9-11-5-1-4-8-14(11)19-16)20-17(22)12-6-2-3-7-13(12)18(20)23/h1-8,15H,9-10H2,(H,19,21)/t15-/m1/s1. The Bertz CT molecular complexity index is 809. The molecule has 1 N–H and O–H groups in total. The van der Waals surface area contributed by atoms with E-state index >= 15 is 0 Å². The molecule has 0 radical (unpaired) electrons. The summed E-state index contributed by atoms with van der Waals surface area (Å²) in [6.45, 7) is 0. The third-order valence-corrected chi connectivity index (χ3v) is 4.40. The molecular formula is C18H14N2O3. The summed E-state index contributed by atoms with van der Waals surface area (Å²) in [5, 5.41) is 2.83. The second-order valence-electron chi connectivity index (χ2n) is 5.73. The summed E-state index contributed by atoms with van der Waals surface area (Å²) in [6, 6.07) is 13.4. The zero-order valence-corrected chi connectivity index (χ0v) is 12.3. The lowest BCUT2D eigenvalue weighted by molar-refractivity contribution is -0.120. The summed E-state index contributed by atoms with van der Waals surface area (Å²) < 4.78 is 0. The van der Waals surface area contributed by atoms with E-state index in [0.29, 0.717) is 24.0 Å². The molecular weight excluding hydrogens is 292 g/mol. The molecule has 0 aromatic heterocycles. The Labute approximate surface area is 132 Å². The molecule has 5 nitrogen and oxygen atoms in total. The lowest BCUT2D eigenvalue weighted by atomic mass is 10.1. The minimum absolute atomic E-state index is 0.315. The van der Waals surface area contributed by atoms with Crippen molar-refractivity contribution in [3.63, 3.8) is 0 Å². The first kappa shape index (κ1) is 13.7. The summed E-state index contributed by atoms with van der Waals surface area (Å²) in [6.07, 6.45) is 1.06. The van der Waals surface area contributed by atoms with Gasteiger partial charge in [0.25, 0.3) is 11.8 Å². The van der Waals surface area contributed by atoms with Gasteiger partial charge in [-0.25, -0.2) is 0 Å². The summed E-state index contributed by atoms with van der Waals surface area (Å²) >= 11 is 0. The minimum atomic E-state index is -0.783. The van der Waals surface area contributed by atoms with Crippen LogP contribution in [0.2, 0.25) is 0 Å². The number of rotatable bonds is 1. The van der Waals surface area contributed by atoms with Gasteiger partial charge >= 0.3 is 0 Å². The van der Waals surface area contributed by atoms with E-state index in [4.69, 9.17) is 0 Å². The highest BCUT2D eigenvalue weighted by molar-refractivity contribution is 6.23. The Morgan fingerprint density at radius 2 is 1.48 bits per heavy atom. The number of benzene rings is 2. The van der Waals surface area contributed by atoms with E-state index in [2.05, 4.69) is 5.32 Å². The van der Waals surface area contributed by atoms with Crippen LogP contribution >= 0.6 is 0 Å². The van der Waals surface area contributed by atoms with Crippen molar-refractivity contribution >= 4 is 23.4 Å². The minimum Gasteiger partial charge on any atom is -0.324 e. The number of nitrogens with zero attached hydrogens (tertiary/aromatic N) is 1. The molecule has 0 saturated heterocycles. The lowest BCUT2D eigenvalue weighted by Gasteiger charge is -2.23. The van der Waals surface area contributed by atoms with Gasteiger partial charge in [0.1, 0.15) is 6.04 Å². The lowest BCUT2D eigenvalue weighted by Crippen LogP contribution is -2.46. The van der Waals surface area contributed by atoms with E-state index in [1.807, 2.05) is 24.3 Å². The predicted octanol–water partition coefficient (Wildman–Crippen LogP) is 2.24. The van der Waals surface area contributed by atoms with E-state index < -0.39 is 17.9 Å². The van der Waals surface area contributed by atoms with E-state index in [0.717, 1.165) is 16.2 Å². The van der Waals surface area contributed by atoms with Crippen molar-refractivity contribution in [2.75, 3.05) is 5.32 Å². The number of carbonyl (C=O) groups is 3. The van der Waals surface area contributed by atoms with Crippen molar-refractivity contribution in [3.8, 4) is 0 Å². The molecule has 5 heteroatoms. The van der Waals surface area contributed by atoms with Gasteiger partial charge in [0.15, 0.2) is 0 Å². The Morgan fingerprint density at radius 1 is 0.870 bits per heavy atom. The molecule has 0 spiro atoms. The number of fused-ring (bicyclic) bond motifs is 2. The fourth-order valence-electron chi connectivity index (χ4n) is 3.24. The Balaban J connectivity index is 1.69. The summed E-state index contributed by atoms with van der Waals surface area (Å²) in [7, 11) is 0. The van der Waals surface area contributed by atoms with Crippen molar-refractivity contribution in [1.29, 1.82) is 0 Å². The second kappa shape index (κ2) is 5.05. The second-order valence-corrected chi connectivity index (χ2v) is 5.73. The molecule has 0 bridgehead atoms. The number of anilines is 1. The molecule has 0 fully saturated rings. The highest BCUT2D eigenvalue weighted by atomic mass is 16.2. The van der Waals surface area contributed by atoms with Crippen LogP contribution in [0, 0.1) is 0 Å². The molecule has 2 aromatic rings. The quantitative estimate of drug-likeness (QED) is 0.822. The highest BCUT2D eigenvalue weighted by Crippen LogP contribution is 2.29. The van der Waals surface area contributed by atoms with Gasteiger partial charge < -0.3 is 5.32 Å². The van der Waals surface area contributed by atoms with Gasteiger partial charge in [-0.1, -0.05) is 30.3 Å². The van der Waals surface area contributed by atoms with Crippen LogP contribution in [0.15, 0.2) is 48.5 Å².